The molecule has 0 aliphatic rings. The number of benzene rings is 3. The Hall–Kier alpha value is -1.90. The van der Waals surface area contributed by atoms with Crippen molar-refractivity contribution in [2.24, 2.45) is 0 Å². The van der Waals surface area contributed by atoms with Gasteiger partial charge in [-0.1, -0.05) is 72.3 Å². The van der Waals surface area contributed by atoms with Gasteiger partial charge in [-0.3, -0.25) is 9.88 Å². The second-order valence-electron chi connectivity index (χ2n) is 6.17. The highest BCUT2D eigenvalue weighted by Gasteiger charge is 2.37. The Morgan fingerprint density at radius 3 is 2.11 bits per heavy atom. The van der Waals surface area contributed by atoms with Crippen molar-refractivity contribution in [1.29, 1.82) is 0 Å². The smallest absolute Gasteiger partial charge is 0.252 e. The van der Waals surface area contributed by atoms with Crippen molar-refractivity contribution in [3.05, 3.63) is 101 Å². The molecule has 0 saturated heterocycles. The lowest BCUT2D eigenvalue weighted by Crippen LogP contribution is -2.26. The SMILES string of the molecule is CCOP(=O)(c1ccccc1)C(NCc1ccccc1)c1ccc(Cl)cc1. The predicted molar refractivity (Wildman–Crippen MR) is 113 cm³/mol. The number of hydrogen-bond donors (Lipinski definition) is 1. The van der Waals surface area contributed by atoms with Crippen LogP contribution in [0.5, 0.6) is 0 Å². The first-order valence-electron chi connectivity index (χ1n) is 8.96. The highest BCUT2D eigenvalue weighted by Crippen LogP contribution is 2.57. The third-order valence-corrected chi connectivity index (χ3v) is 7.38. The van der Waals surface area contributed by atoms with Gasteiger partial charge in [-0.2, -0.15) is 0 Å². The van der Waals surface area contributed by atoms with Crippen LogP contribution in [-0.4, -0.2) is 6.61 Å². The quantitative estimate of drug-likeness (QED) is 0.489. The van der Waals surface area contributed by atoms with E-state index in [2.05, 4.69) is 5.32 Å². The van der Waals surface area contributed by atoms with Crippen molar-refractivity contribution in [3.63, 3.8) is 0 Å². The first kappa shape index (κ1) is 19.9. The van der Waals surface area contributed by atoms with Crippen molar-refractivity contribution in [3.8, 4) is 0 Å². The fourth-order valence-electron chi connectivity index (χ4n) is 3.02. The third-order valence-electron chi connectivity index (χ3n) is 4.30. The zero-order chi connectivity index (χ0) is 19.1. The molecule has 0 aliphatic carbocycles. The van der Waals surface area contributed by atoms with Crippen LogP contribution in [0.4, 0.5) is 0 Å². The molecule has 3 aromatic carbocycles. The fraction of sp³-hybridized carbons (Fsp3) is 0.182. The van der Waals surface area contributed by atoms with E-state index in [0.29, 0.717) is 23.5 Å². The van der Waals surface area contributed by atoms with Gasteiger partial charge in [0.25, 0.3) is 7.37 Å². The minimum absolute atomic E-state index is 0.364. The lowest BCUT2D eigenvalue weighted by Gasteiger charge is -2.29. The van der Waals surface area contributed by atoms with Gasteiger partial charge in [0.2, 0.25) is 0 Å². The summed E-state index contributed by atoms with van der Waals surface area (Å²) in [5, 5.41) is 4.81. The largest absolute Gasteiger partial charge is 0.324 e. The number of halogens is 1. The summed E-state index contributed by atoms with van der Waals surface area (Å²) in [6.07, 6.45) is 0. The maximum absolute atomic E-state index is 14.1. The van der Waals surface area contributed by atoms with Crippen LogP contribution < -0.4 is 10.6 Å². The number of nitrogens with one attached hydrogen (secondary N) is 1. The highest BCUT2D eigenvalue weighted by molar-refractivity contribution is 7.67. The summed E-state index contributed by atoms with van der Waals surface area (Å²) in [6.45, 7) is 2.81. The lowest BCUT2D eigenvalue weighted by molar-refractivity contribution is 0.327. The van der Waals surface area contributed by atoms with Gasteiger partial charge in [-0.25, -0.2) is 0 Å². The molecule has 0 radical (unpaired) electrons. The van der Waals surface area contributed by atoms with Gasteiger partial charge in [-0.05, 0) is 42.3 Å². The molecule has 2 atom stereocenters. The van der Waals surface area contributed by atoms with Crippen LogP contribution in [-0.2, 0) is 15.6 Å². The molecule has 0 heterocycles. The van der Waals surface area contributed by atoms with E-state index < -0.39 is 13.2 Å². The Bertz CT molecular complexity index is 885. The van der Waals surface area contributed by atoms with Crippen LogP contribution >= 0.6 is 19.0 Å². The molecule has 2 unspecified atom stereocenters. The van der Waals surface area contributed by atoms with Crippen LogP contribution in [0.3, 0.4) is 0 Å². The summed E-state index contributed by atoms with van der Waals surface area (Å²) in [7, 11) is -3.21. The molecule has 5 heteroatoms. The average molecular weight is 400 g/mol. The lowest BCUT2D eigenvalue weighted by atomic mass is 10.2. The van der Waals surface area contributed by atoms with Gasteiger partial charge < -0.3 is 4.52 Å². The molecule has 0 amide bonds. The molecular weight excluding hydrogens is 377 g/mol. The van der Waals surface area contributed by atoms with Crippen molar-refractivity contribution >= 4 is 24.3 Å². The Labute approximate surface area is 165 Å². The van der Waals surface area contributed by atoms with E-state index in [0.717, 1.165) is 11.1 Å². The van der Waals surface area contributed by atoms with Gasteiger partial charge in [0.1, 0.15) is 5.78 Å². The second kappa shape index (κ2) is 9.34. The van der Waals surface area contributed by atoms with Crippen molar-refractivity contribution in [2.45, 2.75) is 19.3 Å². The monoisotopic (exact) mass is 399 g/mol. The maximum atomic E-state index is 14.1. The van der Waals surface area contributed by atoms with Crippen LogP contribution in [0.2, 0.25) is 5.02 Å². The van der Waals surface area contributed by atoms with Crippen molar-refractivity contribution in [1.82, 2.24) is 5.32 Å². The molecule has 0 aromatic heterocycles. The van der Waals surface area contributed by atoms with Crippen LogP contribution in [0.1, 0.15) is 23.8 Å². The van der Waals surface area contributed by atoms with E-state index in [1.807, 2.05) is 91.9 Å². The normalized spacial score (nSPS) is 14.4. The number of rotatable bonds is 8. The predicted octanol–water partition coefficient (Wildman–Crippen LogP) is 5.77. The summed E-state index contributed by atoms with van der Waals surface area (Å²) in [4.78, 5) is 0. The molecule has 3 aromatic rings. The molecule has 3 rings (SSSR count). The van der Waals surface area contributed by atoms with Gasteiger partial charge >= 0.3 is 0 Å². The Morgan fingerprint density at radius 2 is 1.52 bits per heavy atom. The van der Waals surface area contributed by atoms with E-state index >= 15 is 0 Å². The highest BCUT2D eigenvalue weighted by atomic mass is 35.5. The first-order valence-corrected chi connectivity index (χ1v) is 11.0. The summed E-state index contributed by atoms with van der Waals surface area (Å²) in [5.74, 6) is -0.475. The van der Waals surface area contributed by atoms with E-state index in [9.17, 15) is 4.57 Å². The summed E-state index contributed by atoms with van der Waals surface area (Å²) >= 11 is 6.06. The zero-order valence-electron chi connectivity index (χ0n) is 15.2. The topological polar surface area (TPSA) is 38.3 Å². The average Bonchev–Trinajstić information content (AvgIpc) is 2.71. The van der Waals surface area contributed by atoms with Crippen LogP contribution in [0, 0.1) is 0 Å². The van der Waals surface area contributed by atoms with Gasteiger partial charge in [-0.15, -0.1) is 0 Å². The zero-order valence-corrected chi connectivity index (χ0v) is 16.9. The molecule has 1 N–H and O–H groups in total. The Morgan fingerprint density at radius 1 is 0.926 bits per heavy atom. The molecule has 0 aliphatic heterocycles. The fourth-order valence-corrected chi connectivity index (χ4v) is 5.61. The maximum Gasteiger partial charge on any atom is 0.252 e. The molecule has 140 valence electrons. The first-order chi connectivity index (χ1) is 13.1. The molecule has 0 fully saturated rings. The Kier molecular flexibility index (Phi) is 6.87. The summed E-state index contributed by atoms with van der Waals surface area (Å²) < 4.78 is 20.0. The molecule has 27 heavy (non-hydrogen) atoms. The van der Waals surface area contributed by atoms with E-state index in [1.165, 1.54) is 0 Å². The molecular formula is C22H23ClNO2P. The van der Waals surface area contributed by atoms with Crippen LogP contribution in [0.25, 0.3) is 0 Å². The van der Waals surface area contributed by atoms with Crippen molar-refractivity contribution in [2.75, 3.05) is 6.61 Å². The summed E-state index contributed by atoms with van der Waals surface area (Å²) in [6, 6.07) is 26.9. The van der Waals surface area contributed by atoms with E-state index in [4.69, 9.17) is 16.1 Å². The molecule has 3 nitrogen and oxygen atoms in total. The van der Waals surface area contributed by atoms with Crippen LogP contribution in [0.15, 0.2) is 84.9 Å². The Balaban J connectivity index is 2.00. The minimum atomic E-state index is -3.21. The molecule has 0 bridgehead atoms. The van der Waals surface area contributed by atoms with E-state index in [1.54, 1.807) is 0 Å². The molecule has 0 saturated carbocycles. The number of hydrogen-bond acceptors (Lipinski definition) is 3. The van der Waals surface area contributed by atoms with Crippen molar-refractivity contribution < 1.29 is 9.09 Å². The second-order valence-corrected chi connectivity index (χ2v) is 9.09. The minimum Gasteiger partial charge on any atom is -0.324 e. The van der Waals surface area contributed by atoms with Gasteiger partial charge in [0.05, 0.1) is 6.61 Å². The van der Waals surface area contributed by atoms with Gasteiger partial charge in [0, 0.05) is 16.9 Å². The third kappa shape index (κ3) is 4.88. The standard InChI is InChI=1S/C22H23ClNO2P/c1-2-26-27(25,21-11-7-4-8-12-21)22(19-13-15-20(23)16-14-19)24-17-18-9-5-3-6-10-18/h3-16,22,24H,2,17H2,1H3. The van der Waals surface area contributed by atoms with E-state index in [-0.39, 0.29) is 0 Å². The molecule has 0 spiro atoms. The summed E-state index contributed by atoms with van der Waals surface area (Å²) in [5.41, 5.74) is 2.00. The van der Waals surface area contributed by atoms with Gasteiger partial charge in [0.15, 0.2) is 0 Å².